The van der Waals surface area contributed by atoms with Crippen LogP contribution >= 0.6 is 0 Å². The van der Waals surface area contributed by atoms with Crippen LogP contribution in [0.4, 0.5) is 5.69 Å². The lowest BCUT2D eigenvalue weighted by Crippen LogP contribution is -2.40. The van der Waals surface area contributed by atoms with Gasteiger partial charge in [0.2, 0.25) is 15.9 Å². The van der Waals surface area contributed by atoms with Gasteiger partial charge in [-0.3, -0.25) is 9.59 Å². The Bertz CT molecular complexity index is 1020. The van der Waals surface area contributed by atoms with Crippen molar-refractivity contribution in [3.05, 3.63) is 48.5 Å². The molecule has 0 spiro atoms. The number of carbonyl (C=O) groups is 2. The standard InChI is InChI=1S/C21H25N3O5S/c1-14(22)20(25)23-17-9-5-15(6-10-17)16-7-11-18(12-8-16)30(27,28)24-13-3-4-19(24)21(26)29-2/h5-12,14,19H,3-4,13,22H2,1-2H3,(H,23,25)/t14?,19-/m0/s1. The highest BCUT2D eigenvalue weighted by molar-refractivity contribution is 7.89. The predicted molar refractivity (Wildman–Crippen MR) is 113 cm³/mol. The van der Waals surface area contributed by atoms with E-state index >= 15 is 0 Å². The minimum absolute atomic E-state index is 0.128. The van der Waals surface area contributed by atoms with Gasteiger partial charge < -0.3 is 15.8 Å². The topological polar surface area (TPSA) is 119 Å². The summed E-state index contributed by atoms with van der Waals surface area (Å²) in [5.74, 6) is -0.812. The number of carbonyl (C=O) groups excluding carboxylic acids is 2. The lowest BCUT2D eigenvalue weighted by molar-refractivity contribution is -0.144. The number of benzene rings is 2. The second-order valence-electron chi connectivity index (χ2n) is 7.18. The molecule has 3 rings (SSSR count). The molecule has 1 saturated heterocycles. The van der Waals surface area contributed by atoms with Crippen molar-refractivity contribution < 1.29 is 22.7 Å². The highest BCUT2D eigenvalue weighted by Crippen LogP contribution is 2.29. The van der Waals surface area contributed by atoms with E-state index in [-0.39, 0.29) is 10.8 Å². The molecule has 3 N–H and O–H groups in total. The van der Waals surface area contributed by atoms with Crippen LogP contribution < -0.4 is 11.1 Å². The normalized spacial score (nSPS) is 18.0. The maximum Gasteiger partial charge on any atom is 0.324 e. The van der Waals surface area contributed by atoms with Crippen molar-refractivity contribution in [1.29, 1.82) is 0 Å². The number of sulfonamides is 1. The van der Waals surface area contributed by atoms with Gasteiger partial charge in [-0.1, -0.05) is 24.3 Å². The lowest BCUT2D eigenvalue weighted by atomic mass is 10.1. The molecule has 0 radical (unpaired) electrons. The van der Waals surface area contributed by atoms with E-state index in [4.69, 9.17) is 10.5 Å². The molecule has 0 bridgehead atoms. The Labute approximate surface area is 176 Å². The Morgan fingerprint density at radius 2 is 1.67 bits per heavy atom. The van der Waals surface area contributed by atoms with Crippen LogP contribution in [0.25, 0.3) is 11.1 Å². The SMILES string of the molecule is COC(=O)[C@@H]1CCCN1S(=O)(=O)c1ccc(-c2ccc(NC(=O)C(C)N)cc2)cc1. The zero-order chi connectivity index (χ0) is 21.9. The number of hydrogen-bond acceptors (Lipinski definition) is 6. The highest BCUT2D eigenvalue weighted by atomic mass is 32.2. The Balaban J connectivity index is 1.77. The minimum atomic E-state index is -3.80. The van der Waals surface area contributed by atoms with Crippen LogP contribution in [0.1, 0.15) is 19.8 Å². The van der Waals surface area contributed by atoms with Crippen molar-refractivity contribution >= 4 is 27.6 Å². The van der Waals surface area contributed by atoms with Crippen LogP contribution in [0, 0.1) is 0 Å². The fraction of sp³-hybridized carbons (Fsp3) is 0.333. The number of amides is 1. The fourth-order valence-corrected chi connectivity index (χ4v) is 5.00. The van der Waals surface area contributed by atoms with E-state index in [0.717, 1.165) is 11.1 Å². The van der Waals surface area contributed by atoms with Crippen molar-refractivity contribution in [2.24, 2.45) is 5.73 Å². The van der Waals surface area contributed by atoms with Gasteiger partial charge >= 0.3 is 5.97 Å². The summed E-state index contributed by atoms with van der Waals surface area (Å²) in [7, 11) is -2.54. The maximum atomic E-state index is 13.0. The minimum Gasteiger partial charge on any atom is -0.468 e. The number of ether oxygens (including phenoxy) is 1. The molecule has 8 nitrogen and oxygen atoms in total. The van der Waals surface area contributed by atoms with Crippen molar-refractivity contribution in [2.45, 2.75) is 36.7 Å². The van der Waals surface area contributed by atoms with Gasteiger partial charge in [-0.15, -0.1) is 0 Å². The summed E-state index contributed by atoms with van der Waals surface area (Å²) in [6.07, 6.45) is 1.07. The summed E-state index contributed by atoms with van der Waals surface area (Å²) in [6.45, 7) is 1.90. The Kier molecular flexibility index (Phi) is 6.55. The largest absolute Gasteiger partial charge is 0.468 e. The molecule has 1 heterocycles. The number of esters is 1. The molecule has 1 aliphatic heterocycles. The second kappa shape index (κ2) is 8.95. The monoisotopic (exact) mass is 431 g/mol. The summed E-state index contributed by atoms with van der Waals surface area (Å²) < 4.78 is 31.9. The van der Waals surface area contributed by atoms with E-state index in [1.807, 2.05) is 12.1 Å². The molecular weight excluding hydrogens is 406 g/mol. The van der Waals surface area contributed by atoms with Gasteiger partial charge in [0.1, 0.15) is 6.04 Å². The summed E-state index contributed by atoms with van der Waals surface area (Å²) >= 11 is 0. The van der Waals surface area contributed by atoms with Crippen molar-refractivity contribution in [2.75, 3.05) is 19.0 Å². The highest BCUT2D eigenvalue weighted by Gasteiger charge is 2.40. The van der Waals surface area contributed by atoms with Gasteiger partial charge in [0.05, 0.1) is 18.0 Å². The van der Waals surface area contributed by atoms with E-state index in [2.05, 4.69) is 5.32 Å². The van der Waals surface area contributed by atoms with Gasteiger partial charge in [0, 0.05) is 12.2 Å². The summed E-state index contributed by atoms with van der Waals surface area (Å²) in [5, 5.41) is 2.71. The Morgan fingerprint density at radius 3 is 2.20 bits per heavy atom. The first-order valence-electron chi connectivity index (χ1n) is 9.60. The molecule has 160 valence electrons. The molecule has 1 unspecified atom stereocenters. The number of nitrogens with two attached hydrogens (primary N) is 1. The molecule has 1 amide bonds. The number of hydrogen-bond donors (Lipinski definition) is 2. The van der Waals surface area contributed by atoms with Crippen LogP contribution in [-0.2, 0) is 24.3 Å². The summed E-state index contributed by atoms with van der Waals surface area (Å²) in [6, 6.07) is 12.3. The van der Waals surface area contributed by atoms with Gasteiger partial charge in [0.15, 0.2) is 0 Å². The summed E-state index contributed by atoms with van der Waals surface area (Å²) in [5.41, 5.74) is 7.86. The molecule has 0 aromatic heterocycles. The molecule has 30 heavy (non-hydrogen) atoms. The second-order valence-corrected chi connectivity index (χ2v) is 9.07. The smallest absolute Gasteiger partial charge is 0.324 e. The number of nitrogens with zero attached hydrogens (tertiary/aromatic N) is 1. The Hall–Kier alpha value is -2.75. The molecule has 2 aromatic carbocycles. The van der Waals surface area contributed by atoms with E-state index in [1.165, 1.54) is 23.5 Å². The molecule has 2 atom stereocenters. The van der Waals surface area contributed by atoms with E-state index in [1.54, 1.807) is 31.2 Å². The van der Waals surface area contributed by atoms with Crippen LogP contribution in [0.5, 0.6) is 0 Å². The number of methoxy groups -OCH3 is 1. The fourth-order valence-electron chi connectivity index (χ4n) is 3.36. The van der Waals surface area contributed by atoms with Gasteiger partial charge in [-0.2, -0.15) is 4.31 Å². The average molecular weight is 432 g/mol. The quantitative estimate of drug-likeness (QED) is 0.675. The first-order valence-corrected chi connectivity index (χ1v) is 11.0. The molecule has 1 fully saturated rings. The van der Waals surface area contributed by atoms with Crippen molar-refractivity contribution in [1.82, 2.24) is 4.31 Å². The van der Waals surface area contributed by atoms with Gasteiger partial charge in [0.25, 0.3) is 0 Å². The molecule has 0 aliphatic carbocycles. The van der Waals surface area contributed by atoms with E-state index < -0.39 is 28.1 Å². The predicted octanol–water partition coefficient (Wildman–Crippen LogP) is 1.97. The number of anilines is 1. The molecule has 1 aliphatic rings. The zero-order valence-electron chi connectivity index (χ0n) is 16.9. The number of nitrogens with one attached hydrogen (secondary N) is 1. The van der Waals surface area contributed by atoms with E-state index in [0.29, 0.717) is 25.1 Å². The molecule has 2 aromatic rings. The van der Waals surface area contributed by atoms with Crippen LogP contribution in [0.3, 0.4) is 0 Å². The van der Waals surface area contributed by atoms with Crippen molar-refractivity contribution in [3.8, 4) is 11.1 Å². The molecular formula is C21H25N3O5S. The third-order valence-corrected chi connectivity index (χ3v) is 6.96. The first kappa shape index (κ1) is 21.9. The van der Waals surface area contributed by atoms with Gasteiger partial charge in [-0.05, 0) is 55.2 Å². The van der Waals surface area contributed by atoms with Crippen LogP contribution in [0.15, 0.2) is 53.4 Å². The first-order chi connectivity index (χ1) is 14.2. The van der Waals surface area contributed by atoms with E-state index in [9.17, 15) is 18.0 Å². The zero-order valence-corrected chi connectivity index (χ0v) is 17.7. The van der Waals surface area contributed by atoms with Crippen LogP contribution in [0.2, 0.25) is 0 Å². The molecule has 9 heteroatoms. The summed E-state index contributed by atoms with van der Waals surface area (Å²) in [4.78, 5) is 23.7. The van der Waals surface area contributed by atoms with Crippen LogP contribution in [-0.4, -0.2) is 50.3 Å². The lowest BCUT2D eigenvalue weighted by Gasteiger charge is -2.22. The number of rotatable bonds is 6. The molecule has 0 saturated carbocycles. The maximum absolute atomic E-state index is 13.0. The van der Waals surface area contributed by atoms with Crippen molar-refractivity contribution in [3.63, 3.8) is 0 Å². The average Bonchev–Trinajstić information content (AvgIpc) is 3.24. The van der Waals surface area contributed by atoms with Gasteiger partial charge in [-0.25, -0.2) is 8.42 Å². The third-order valence-electron chi connectivity index (χ3n) is 5.04. The Morgan fingerprint density at radius 1 is 1.10 bits per heavy atom. The third kappa shape index (κ3) is 4.53.